The second-order valence-corrected chi connectivity index (χ2v) is 7.55. The predicted octanol–water partition coefficient (Wildman–Crippen LogP) is 3.22. The number of thioether (sulfide) groups is 1. The van der Waals surface area contributed by atoms with Crippen molar-refractivity contribution in [1.29, 1.82) is 0 Å². The number of phenolic OH excluding ortho intramolecular Hbond substituents is 1. The van der Waals surface area contributed by atoms with Gasteiger partial charge >= 0.3 is 5.63 Å². The molecule has 0 unspecified atom stereocenters. The van der Waals surface area contributed by atoms with Crippen molar-refractivity contribution < 1.29 is 9.52 Å². The summed E-state index contributed by atoms with van der Waals surface area (Å²) in [5, 5.41) is 22.8. The highest BCUT2D eigenvalue weighted by atomic mass is 32.2. The summed E-state index contributed by atoms with van der Waals surface area (Å²) in [4.78, 5) is 11.7. The highest BCUT2D eigenvalue weighted by Crippen LogP contribution is 2.33. The van der Waals surface area contributed by atoms with Crippen molar-refractivity contribution in [3.8, 4) is 5.75 Å². The summed E-state index contributed by atoms with van der Waals surface area (Å²) in [6.45, 7) is 0. The van der Waals surface area contributed by atoms with Gasteiger partial charge in [-0.25, -0.2) is 4.79 Å². The molecule has 0 amide bonds. The molecule has 8 heteroatoms. The van der Waals surface area contributed by atoms with Crippen molar-refractivity contribution in [3.05, 3.63) is 40.2 Å². The van der Waals surface area contributed by atoms with Crippen LogP contribution in [0, 0.1) is 0 Å². The van der Waals surface area contributed by atoms with Gasteiger partial charge in [0.25, 0.3) is 0 Å². The minimum Gasteiger partial charge on any atom is -0.508 e. The average molecular weight is 347 g/mol. The summed E-state index contributed by atoms with van der Waals surface area (Å²) in [7, 11) is 0. The van der Waals surface area contributed by atoms with E-state index in [0.29, 0.717) is 17.4 Å². The first-order chi connectivity index (χ1) is 11.2. The van der Waals surface area contributed by atoms with Crippen molar-refractivity contribution >= 4 is 39.2 Å². The monoisotopic (exact) mass is 347 g/mol. The number of rotatable bonds is 5. The zero-order chi connectivity index (χ0) is 15.8. The third-order valence-corrected chi connectivity index (χ3v) is 5.51. The minimum atomic E-state index is -0.424. The standard InChI is InChI=1S/C15H13N3O3S2/c19-10-3-4-11-8(5-13(20)21-12(11)6-10)7-22-15-18-17-14(23-15)16-9-1-2-9/h3-6,9,19H,1-2,7H2,(H,16,17). The molecule has 0 atom stereocenters. The number of fused-ring (bicyclic) bond motifs is 1. The lowest BCUT2D eigenvalue weighted by atomic mass is 10.1. The Kier molecular flexibility index (Phi) is 3.70. The molecule has 0 aliphatic heterocycles. The number of aromatic hydroxyl groups is 1. The van der Waals surface area contributed by atoms with Gasteiger partial charge in [-0.15, -0.1) is 10.2 Å². The van der Waals surface area contributed by atoms with E-state index < -0.39 is 5.63 Å². The topological polar surface area (TPSA) is 88.2 Å². The van der Waals surface area contributed by atoms with E-state index in [-0.39, 0.29) is 5.75 Å². The highest BCUT2D eigenvalue weighted by Gasteiger charge is 2.22. The lowest BCUT2D eigenvalue weighted by Gasteiger charge is -2.04. The van der Waals surface area contributed by atoms with Gasteiger partial charge in [0.1, 0.15) is 11.3 Å². The van der Waals surface area contributed by atoms with Crippen molar-refractivity contribution in [2.75, 3.05) is 5.32 Å². The fourth-order valence-electron chi connectivity index (χ4n) is 2.21. The van der Waals surface area contributed by atoms with Gasteiger partial charge in [-0.3, -0.25) is 0 Å². The molecule has 1 aliphatic carbocycles. The van der Waals surface area contributed by atoms with E-state index >= 15 is 0 Å². The quantitative estimate of drug-likeness (QED) is 0.541. The molecule has 1 fully saturated rings. The fourth-order valence-corrected chi connectivity index (χ4v) is 4.03. The zero-order valence-corrected chi connectivity index (χ0v) is 13.6. The number of benzene rings is 1. The molecule has 2 heterocycles. The first kappa shape index (κ1) is 14.5. The van der Waals surface area contributed by atoms with Crippen LogP contribution >= 0.6 is 23.1 Å². The van der Waals surface area contributed by atoms with Gasteiger partial charge in [-0.1, -0.05) is 23.1 Å². The molecule has 1 aromatic carbocycles. The molecule has 23 heavy (non-hydrogen) atoms. The van der Waals surface area contributed by atoms with Crippen LogP contribution in [0.5, 0.6) is 5.75 Å². The number of hydrogen-bond donors (Lipinski definition) is 2. The van der Waals surface area contributed by atoms with Gasteiger partial charge in [0.05, 0.1) is 0 Å². The normalized spacial score (nSPS) is 14.3. The number of anilines is 1. The molecule has 0 spiro atoms. The van der Waals surface area contributed by atoms with E-state index in [1.165, 1.54) is 48.1 Å². The second-order valence-electron chi connectivity index (χ2n) is 5.35. The molecule has 2 aromatic heterocycles. The Morgan fingerprint density at radius 2 is 2.22 bits per heavy atom. The summed E-state index contributed by atoms with van der Waals surface area (Å²) in [6.07, 6.45) is 2.39. The number of nitrogens with zero attached hydrogens (tertiary/aromatic N) is 2. The Balaban J connectivity index is 1.55. The Bertz CT molecular complexity index is 918. The Morgan fingerprint density at radius 1 is 1.35 bits per heavy atom. The van der Waals surface area contributed by atoms with Crippen LogP contribution in [0.25, 0.3) is 11.0 Å². The Labute approximate surface area is 139 Å². The smallest absolute Gasteiger partial charge is 0.336 e. The first-order valence-electron chi connectivity index (χ1n) is 7.16. The van der Waals surface area contributed by atoms with Gasteiger partial charge in [-0.05, 0) is 30.5 Å². The van der Waals surface area contributed by atoms with Crippen molar-refractivity contribution in [2.45, 2.75) is 29.0 Å². The zero-order valence-electron chi connectivity index (χ0n) is 12.0. The van der Waals surface area contributed by atoms with Crippen molar-refractivity contribution in [3.63, 3.8) is 0 Å². The first-order valence-corrected chi connectivity index (χ1v) is 8.96. The maximum atomic E-state index is 11.7. The molecule has 0 bridgehead atoms. The van der Waals surface area contributed by atoms with E-state index in [0.717, 1.165) is 20.4 Å². The van der Waals surface area contributed by atoms with Crippen LogP contribution in [0.15, 0.2) is 37.8 Å². The lowest BCUT2D eigenvalue weighted by Crippen LogP contribution is -1.99. The predicted molar refractivity (Wildman–Crippen MR) is 90.3 cm³/mol. The van der Waals surface area contributed by atoms with Crippen molar-refractivity contribution in [1.82, 2.24) is 10.2 Å². The van der Waals surface area contributed by atoms with Crippen LogP contribution < -0.4 is 10.9 Å². The number of nitrogens with one attached hydrogen (secondary N) is 1. The van der Waals surface area contributed by atoms with Crippen LogP contribution in [0.2, 0.25) is 0 Å². The van der Waals surface area contributed by atoms with E-state index in [4.69, 9.17) is 4.42 Å². The largest absolute Gasteiger partial charge is 0.508 e. The average Bonchev–Trinajstić information content (AvgIpc) is 3.21. The molecule has 0 radical (unpaired) electrons. The molecule has 1 aliphatic rings. The molecule has 6 nitrogen and oxygen atoms in total. The van der Waals surface area contributed by atoms with E-state index in [2.05, 4.69) is 15.5 Å². The van der Waals surface area contributed by atoms with Crippen LogP contribution in [0.1, 0.15) is 18.4 Å². The molecule has 1 saturated carbocycles. The summed E-state index contributed by atoms with van der Waals surface area (Å²) in [5.41, 5.74) is 0.821. The van der Waals surface area contributed by atoms with E-state index in [1.807, 2.05) is 0 Å². The summed E-state index contributed by atoms with van der Waals surface area (Å²) in [6, 6.07) is 6.82. The van der Waals surface area contributed by atoms with Gasteiger partial charge in [0, 0.05) is 29.3 Å². The van der Waals surface area contributed by atoms with E-state index in [1.54, 1.807) is 12.1 Å². The second kappa shape index (κ2) is 5.86. The molecule has 0 saturated heterocycles. The van der Waals surface area contributed by atoms with Gasteiger partial charge in [0.15, 0.2) is 4.34 Å². The Morgan fingerprint density at radius 3 is 3.04 bits per heavy atom. The minimum absolute atomic E-state index is 0.0744. The summed E-state index contributed by atoms with van der Waals surface area (Å²) in [5.74, 6) is 0.663. The van der Waals surface area contributed by atoms with Gasteiger partial charge in [0.2, 0.25) is 5.13 Å². The molecular weight excluding hydrogens is 334 g/mol. The third kappa shape index (κ3) is 3.32. The van der Waals surface area contributed by atoms with Gasteiger partial charge in [-0.2, -0.15) is 0 Å². The van der Waals surface area contributed by atoms with Crippen LogP contribution in [0.4, 0.5) is 5.13 Å². The number of aromatic nitrogens is 2. The SMILES string of the molecule is O=c1cc(CSc2nnc(NC3CC3)s2)c2ccc(O)cc2o1. The summed E-state index contributed by atoms with van der Waals surface area (Å²) >= 11 is 3.05. The van der Waals surface area contributed by atoms with E-state index in [9.17, 15) is 9.90 Å². The number of hydrogen-bond acceptors (Lipinski definition) is 8. The third-order valence-electron chi connectivity index (χ3n) is 3.48. The molecular formula is C15H13N3O3S2. The molecule has 2 N–H and O–H groups in total. The highest BCUT2D eigenvalue weighted by molar-refractivity contribution is 8.00. The lowest BCUT2D eigenvalue weighted by molar-refractivity contribution is 0.473. The fraction of sp³-hybridized carbons (Fsp3) is 0.267. The molecule has 118 valence electrons. The van der Waals surface area contributed by atoms with Crippen molar-refractivity contribution in [2.24, 2.45) is 0 Å². The van der Waals surface area contributed by atoms with Crippen LogP contribution in [-0.4, -0.2) is 21.3 Å². The molecule has 4 rings (SSSR count). The number of phenols is 1. The maximum absolute atomic E-state index is 11.7. The Hall–Kier alpha value is -2.06. The van der Waals surface area contributed by atoms with Crippen LogP contribution in [0.3, 0.4) is 0 Å². The molecule has 3 aromatic rings. The maximum Gasteiger partial charge on any atom is 0.336 e. The van der Waals surface area contributed by atoms with Crippen LogP contribution in [-0.2, 0) is 5.75 Å². The van der Waals surface area contributed by atoms with Gasteiger partial charge < -0.3 is 14.8 Å². The summed E-state index contributed by atoms with van der Waals surface area (Å²) < 4.78 is 5.98.